The van der Waals surface area contributed by atoms with Crippen molar-refractivity contribution in [2.45, 2.75) is 0 Å². The van der Waals surface area contributed by atoms with E-state index in [1.165, 1.54) is 0 Å². The largest absolute Gasteiger partial charge is 5.00 e. The van der Waals surface area contributed by atoms with Gasteiger partial charge in [0, 0.05) is 0 Å². The summed E-state index contributed by atoms with van der Waals surface area (Å²) in [5.74, 6) is 0. The van der Waals surface area contributed by atoms with Crippen LogP contribution in [-0.4, -0.2) is 35.5 Å². The van der Waals surface area contributed by atoms with Gasteiger partial charge in [0.2, 0.25) is 0 Å². The summed E-state index contributed by atoms with van der Waals surface area (Å²) < 4.78 is 0. The van der Waals surface area contributed by atoms with Gasteiger partial charge >= 0.3 is 22.4 Å². The van der Waals surface area contributed by atoms with Crippen LogP contribution in [0.15, 0.2) is 0 Å². The van der Waals surface area contributed by atoms with E-state index in [0.29, 0.717) is 0 Å². The normalized spacial score (nSPS) is 2.73. The molecule has 0 heterocycles. The average molecular weight is 248 g/mol. The molecule has 0 N–H and O–H groups in total. The van der Waals surface area contributed by atoms with Gasteiger partial charge < -0.3 is 25.5 Å². The second-order valence-electron chi connectivity index (χ2n) is 0. The van der Waals surface area contributed by atoms with Gasteiger partial charge in [0.1, 0.15) is 0 Å². The van der Waals surface area contributed by atoms with E-state index in [9.17, 15) is 0 Å². The van der Waals surface area contributed by atoms with Crippen LogP contribution in [0.3, 0.4) is 0 Å². The first-order valence-corrected chi connectivity index (χ1v) is 2.04. The fourth-order valence-corrected chi connectivity index (χ4v) is 0. The van der Waals surface area contributed by atoms with Crippen molar-refractivity contribution < 1.29 is 47.9 Å². The Hall–Kier alpha value is 0.540. The van der Waals surface area contributed by atoms with Crippen molar-refractivity contribution in [3.8, 4) is 0 Å². The molecule has 0 rings (SSSR count). The Morgan fingerprint density at radius 3 is 0.364 bits per heavy atom. The topological polar surface area (TPSA) is 115 Å². The fraction of sp³-hybridized carbons (Fsp3) is 1.00. The summed E-state index contributed by atoms with van der Waals surface area (Å²) in [6.07, 6.45) is 0. The van der Waals surface area contributed by atoms with Crippen LogP contribution in [0.2, 0.25) is 0 Å². The quantitative estimate of drug-likeness (QED) is 0.397. The summed E-state index contributed by atoms with van der Waals surface area (Å²) in [4.78, 5) is 0. The Kier molecular flexibility index (Phi) is 12500. The molecule has 0 fully saturated rings. The van der Waals surface area contributed by atoms with Gasteiger partial charge in [0.25, 0.3) is 0 Å². The maximum atomic E-state index is 8.25. The maximum absolute atomic E-state index is 8.25. The molecule has 11 heavy (non-hydrogen) atoms. The molecule has 0 bridgehead atoms. The maximum Gasteiger partial charge on any atom is 5.00 e. The average Bonchev–Trinajstić information content (AvgIpc) is 2.20. The van der Waals surface area contributed by atoms with Crippen molar-refractivity contribution in [1.29, 1.82) is 0 Å². The fourth-order valence-electron chi connectivity index (χ4n) is 0. The van der Waals surface area contributed by atoms with Gasteiger partial charge in [-0.1, -0.05) is 0 Å². The summed E-state index contributed by atoms with van der Waals surface area (Å²) in [6, 6.07) is 0. The predicted molar refractivity (Wildman–Crippen MR) is 29.6 cm³/mol. The van der Waals surface area contributed by atoms with Gasteiger partial charge in [0.05, 0.1) is 0 Å². The van der Waals surface area contributed by atoms with Gasteiger partial charge in [-0.2, -0.15) is 35.5 Å². The molecule has 0 aliphatic rings. The van der Waals surface area contributed by atoms with E-state index in [0.717, 1.165) is 35.5 Å². The third kappa shape index (κ3) is 2630. The first-order chi connectivity index (χ1) is 5.00. The molecule has 0 unspecified atom stereocenters. The van der Waals surface area contributed by atoms with Crippen LogP contribution in [0, 0.1) is 0 Å². The Bertz CT molecular complexity index is 14.8. The van der Waals surface area contributed by atoms with Gasteiger partial charge in [-0.25, -0.2) is 0 Å². The SMILES string of the molecule is C[O-].C[O-].C[O-].C[O-].C[O-].[Nb+5]. The Balaban J connectivity index is -0.00000000694. The van der Waals surface area contributed by atoms with Crippen molar-refractivity contribution in [3.05, 3.63) is 0 Å². The van der Waals surface area contributed by atoms with Crippen LogP contribution in [0.5, 0.6) is 0 Å². The van der Waals surface area contributed by atoms with Crippen molar-refractivity contribution in [2.24, 2.45) is 0 Å². The van der Waals surface area contributed by atoms with Crippen LogP contribution in [-0.2, 0) is 22.4 Å². The zero-order valence-corrected chi connectivity index (χ0v) is 9.69. The molecule has 0 aliphatic carbocycles. The zero-order chi connectivity index (χ0) is 10.0. The third-order valence-electron chi connectivity index (χ3n) is 0. The molecule has 0 aromatic carbocycles. The molecule has 0 aromatic rings. The van der Waals surface area contributed by atoms with Gasteiger partial charge in [-0.05, 0) is 0 Å². The van der Waals surface area contributed by atoms with Crippen LogP contribution >= 0.6 is 0 Å². The molecule has 0 radical (unpaired) electrons. The van der Waals surface area contributed by atoms with E-state index < -0.39 is 0 Å². The Morgan fingerprint density at radius 1 is 0.364 bits per heavy atom. The predicted octanol–water partition coefficient (Wildman–Crippen LogP) is -5.12. The molecule has 70 valence electrons. The second kappa shape index (κ2) is 3290. The molecule has 5 nitrogen and oxygen atoms in total. The van der Waals surface area contributed by atoms with E-state index in [1.807, 2.05) is 0 Å². The molecular weight excluding hydrogens is 233 g/mol. The summed E-state index contributed by atoms with van der Waals surface area (Å²) in [5.41, 5.74) is 0. The van der Waals surface area contributed by atoms with Crippen LogP contribution in [0.1, 0.15) is 0 Å². The molecule has 0 atom stereocenters. The first kappa shape index (κ1) is 41.8. The molecular formula is C5H15NbO5. The first-order valence-electron chi connectivity index (χ1n) is 2.04. The Morgan fingerprint density at radius 2 is 0.364 bits per heavy atom. The number of rotatable bonds is 0. The smallest absolute Gasteiger partial charge is 0.857 e. The minimum atomic E-state index is 0. The molecule has 0 saturated carbocycles. The number of hydrogen-bond donors (Lipinski definition) is 0. The zero-order valence-electron chi connectivity index (χ0n) is 7.49. The third-order valence-corrected chi connectivity index (χ3v) is 0. The van der Waals surface area contributed by atoms with Crippen LogP contribution < -0.4 is 25.5 Å². The second-order valence-corrected chi connectivity index (χ2v) is 0. The molecule has 0 spiro atoms. The molecule has 0 amide bonds. The van der Waals surface area contributed by atoms with Crippen molar-refractivity contribution in [2.75, 3.05) is 35.5 Å². The van der Waals surface area contributed by atoms with Crippen molar-refractivity contribution in [1.82, 2.24) is 0 Å². The van der Waals surface area contributed by atoms with E-state index in [1.54, 1.807) is 0 Å². The molecule has 0 saturated heterocycles. The van der Waals surface area contributed by atoms with Crippen LogP contribution in [0.4, 0.5) is 0 Å². The Labute approximate surface area is 83.8 Å². The monoisotopic (exact) mass is 248 g/mol. The van der Waals surface area contributed by atoms with Crippen molar-refractivity contribution in [3.63, 3.8) is 0 Å². The minimum Gasteiger partial charge on any atom is -0.857 e. The summed E-state index contributed by atoms with van der Waals surface area (Å²) >= 11 is 0. The summed E-state index contributed by atoms with van der Waals surface area (Å²) in [5, 5.41) is 41.2. The summed E-state index contributed by atoms with van der Waals surface area (Å²) in [7, 11) is 3.75. The van der Waals surface area contributed by atoms with Gasteiger partial charge in [-0.15, -0.1) is 0 Å². The summed E-state index contributed by atoms with van der Waals surface area (Å²) in [6.45, 7) is 0. The molecule has 6 heteroatoms. The number of hydrogen-bond acceptors (Lipinski definition) is 5. The molecule has 0 aliphatic heterocycles. The van der Waals surface area contributed by atoms with E-state index in [-0.39, 0.29) is 22.4 Å². The minimum absolute atomic E-state index is 0. The van der Waals surface area contributed by atoms with Gasteiger partial charge in [0.15, 0.2) is 0 Å². The molecule has 0 aromatic heterocycles. The van der Waals surface area contributed by atoms with E-state index in [4.69, 9.17) is 25.5 Å². The van der Waals surface area contributed by atoms with E-state index in [2.05, 4.69) is 0 Å². The standard InChI is InChI=1S/5CH3O.Nb/c5*1-2;/h5*1H3;/q5*-1;+5. The van der Waals surface area contributed by atoms with Crippen molar-refractivity contribution >= 4 is 0 Å². The van der Waals surface area contributed by atoms with Crippen LogP contribution in [0.25, 0.3) is 0 Å². The van der Waals surface area contributed by atoms with E-state index >= 15 is 0 Å². The van der Waals surface area contributed by atoms with Gasteiger partial charge in [-0.3, -0.25) is 0 Å².